The Labute approximate surface area is 212 Å². The van der Waals surface area contributed by atoms with Gasteiger partial charge in [-0.25, -0.2) is 0 Å². The Morgan fingerprint density at radius 2 is 1.51 bits per heavy atom. The van der Waals surface area contributed by atoms with Gasteiger partial charge in [-0.05, 0) is 54.0 Å². The summed E-state index contributed by atoms with van der Waals surface area (Å²) in [5.41, 5.74) is 3.18. The molecule has 1 heterocycles. The van der Waals surface area contributed by atoms with E-state index in [1.165, 1.54) is 0 Å². The molecule has 0 atom stereocenters. The molecule has 3 aromatic rings. The Bertz CT molecular complexity index is 1080. The number of amides is 1. The van der Waals surface area contributed by atoms with Crippen LogP contribution in [0.4, 0.5) is 5.69 Å². The van der Waals surface area contributed by atoms with Crippen molar-refractivity contribution in [2.45, 2.75) is 19.6 Å². The Kier molecular flexibility index (Phi) is 9.09. The summed E-state index contributed by atoms with van der Waals surface area (Å²) in [6.45, 7) is 4.84. The summed E-state index contributed by atoms with van der Waals surface area (Å²) in [6.07, 6.45) is 0.958. The van der Waals surface area contributed by atoms with E-state index in [0.29, 0.717) is 24.8 Å². The minimum atomic E-state index is 0.0533. The molecule has 2 N–H and O–H groups in total. The fraction of sp³-hybridized carbons (Fsp3) is 0.286. The number of hydrogen-bond donors (Lipinski definition) is 2. The molecular weight excluding hydrogens is 456 g/mol. The monoisotopic (exact) mass is 488 g/mol. The van der Waals surface area contributed by atoms with Crippen LogP contribution >= 0.6 is 12.2 Å². The van der Waals surface area contributed by atoms with Gasteiger partial charge in [0.1, 0.15) is 12.4 Å². The Morgan fingerprint density at radius 1 is 0.829 bits per heavy atom. The van der Waals surface area contributed by atoms with Crippen molar-refractivity contribution in [1.29, 1.82) is 0 Å². The maximum Gasteiger partial charge on any atom is 0.234 e. The van der Waals surface area contributed by atoms with Crippen LogP contribution < -0.4 is 15.4 Å². The largest absolute Gasteiger partial charge is 0.489 e. The predicted molar refractivity (Wildman–Crippen MR) is 144 cm³/mol. The van der Waals surface area contributed by atoms with Gasteiger partial charge in [-0.2, -0.15) is 0 Å². The molecule has 0 bridgehead atoms. The summed E-state index contributed by atoms with van der Waals surface area (Å²) in [5.74, 6) is 0.874. The van der Waals surface area contributed by atoms with E-state index in [1.807, 2.05) is 84.9 Å². The van der Waals surface area contributed by atoms with Gasteiger partial charge < -0.3 is 20.3 Å². The van der Waals surface area contributed by atoms with Gasteiger partial charge in [-0.3, -0.25) is 9.69 Å². The lowest BCUT2D eigenvalue weighted by atomic mass is 10.2. The molecule has 0 saturated carbocycles. The normalized spacial score (nSPS) is 14.1. The Balaban J connectivity index is 1.19. The van der Waals surface area contributed by atoms with Gasteiger partial charge in [0.25, 0.3) is 0 Å². The van der Waals surface area contributed by atoms with Gasteiger partial charge in [0.2, 0.25) is 5.91 Å². The number of carbonyl (C=O) groups excluding carboxylic acids is 1. The lowest BCUT2D eigenvalue weighted by Gasteiger charge is -2.24. The minimum absolute atomic E-state index is 0.0533. The summed E-state index contributed by atoms with van der Waals surface area (Å²) in [6, 6.07) is 28.0. The molecule has 1 saturated heterocycles. The third-order valence-electron chi connectivity index (χ3n) is 5.93. The average molecular weight is 489 g/mol. The van der Waals surface area contributed by atoms with Gasteiger partial charge in [-0.1, -0.05) is 60.7 Å². The highest BCUT2D eigenvalue weighted by atomic mass is 32.1. The molecule has 1 fully saturated rings. The first-order chi connectivity index (χ1) is 17.2. The molecule has 3 aromatic carbocycles. The second kappa shape index (κ2) is 12.9. The molecule has 0 radical (unpaired) electrons. The number of carbonyl (C=O) groups is 1. The molecule has 1 amide bonds. The molecule has 7 heteroatoms. The Hall–Kier alpha value is -3.42. The van der Waals surface area contributed by atoms with Crippen LogP contribution in [-0.4, -0.2) is 53.5 Å². The molecule has 0 aromatic heterocycles. The van der Waals surface area contributed by atoms with Crippen LogP contribution in [0, 0.1) is 0 Å². The predicted octanol–water partition coefficient (Wildman–Crippen LogP) is 4.29. The minimum Gasteiger partial charge on any atom is -0.489 e. The third kappa shape index (κ3) is 8.09. The molecule has 0 unspecified atom stereocenters. The summed E-state index contributed by atoms with van der Waals surface area (Å²) in [5, 5.41) is 7.06. The van der Waals surface area contributed by atoms with Gasteiger partial charge >= 0.3 is 0 Å². The van der Waals surface area contributed by atoms with Crippen molar-refractivity contribution >= 4 is 28.9 Å². The van der Waals surface area contributed by atoms with E-state index in [2.05, 4.69) is 20.4 Å². The number of hydrogen-bond acceptors (Lipinski definition) is 4. The SMILES string of the molecule is O=C(CN1CCCN(C(=S)Nc2ccc(OCc3ccccc3)cc2)CC1)NCc1ccccc1. The quantitative estimate of drug-likeness (QED) is 0.462. The van der Waals surface area contributed by atoms with Crippen molar-refractivity contribution in [3.8, 4) is 5.75 Å². The lowest BCUT2D eigenvalue weighted by molar-refractivity contribution is -0.122. The molecule has 1 aliphatic rings. The van der Waals surface area contributed by atoms with Gasteiger partial charge in [-0.15, -0.1) is 0 Å². The second-order valence-electron chi connectivity index (χ2n) is 8.61. The number of rotatable bonds is 8. The first-order valence-electron chi connectivity index (χ1n) is 12.0. The van der Waals surface area contributed by atoms with Crippen LogP contribution in [0.15, 0.2) is 84.9 Å². The number of ether oxygens (including phenoxy) is 1. The van der Waals surface area contributed by atoms with E-state index < -0.39 is 0 Å². The van der Waals surface area contributed by atoms with Crippen molar-refractivity contribution in [2.75, 3.05) is 38.0 Å². The van der Waals surface area contributed by atoms with Gasteiger partial charge in [0.15, 0.2) is 5.11 Å². The zero-order chi connectivity index (χ0) is 24.3. The summed E-state index contributed by atoms with van der Waals surface area (Å²) in [4.78, 5) is 16.8. The number of nitrogens with zero attached hydrogens (tertiary/aromatic N) is 2. The number of thiocarbonyl (C=S) groups is 1. The number of benzene rings is 3. The van der Waals surface area contributed by atoms with E-state index in [-0.39, 0.29) is 5.91 Å². The van der Waals surface area contributed by atoms with Crippen LogP contribution in [0.3, 0.4) is 0 Å². The lowest BCUT2D eigenvalue weighted by Crippen LogP contribution is -2.40. The molecule has 6 nitrogen and oxygen atoms in total. The number of nitrogens with one attached hydrogen (secondary N) is 2. The molecule has 1 aliphatic heterocycles. The molecule has 182 valence electrons. The zero-order valence-electron chi connectivity index (χ0n) is 19.9. The molecular formula is C28H32N4O2S. The maximum atomic E-state index is 12.4. The standard InChI is InChI=1S/C28H32N4O2S/c33-27(29-20-23-8-3-1-4-9-23)21-31-16-7-17-32(19-18-31)28(35)30-25-12-14-26(15-13-25)34-22-24-10-5-2-6-11-24/h1-6,8-15H,7,16-22H2,(H,29,33)(H,30,35). The Morgan fingerprint density at radius 3 is 2.23 bits per heavy atom. The smallest absolute Gasteiger partial charge is 0.234 e. The fourth-order valence-electron chi connectivity index (χ4n) is 3.97. The van der Waals surface area contributed by atoms with Crippen LogP contribution in [0.25, 0.3) is 0 Å². The summed E-state index contributed by atoms with van der Waals surface area (Å²) < 4.78 is 5.86. The van der Waals surface area contributed by atoms with Crippen molar-refractivity contribution in [3.63, 3.8) is 0 Å². The number of anilines is 1. The van der Waals surface area contributed by atoms with E-state index in [1.54, 1.807) is 0 Å². The zero-order valence-corrected chi connectivity index (χ0v) is 20.7. The highest BCUT2D eigenvalue weighted by Gasteiger charge is 2.18. The topological polar surface area (TPSA) is 56.8 Å². The first kappa shape index (κ1) is 24.7. The van der Waals surface area contributed by atoms with E-state index >= 15 is 0 Å². The van der Waals surface area contributed by atoms with Gasteiger partial charge in [0, 0.05) is 38.4 Å². The third-order valence-corrected chi connectivity index (χ3v) is 6.29. The second-order valence-corrected chi connectivity index (χ2v) is 8.99. The molecule has 4 rings (SSSR count). The maximum absolute atomic E-state index is 12.4. The van der Waals surface area contributed by atoms with Crippen molar-refractivity contribution in [2.24, 2.45) is 0 Å². The van der Waals surface area contributed by atoms with Gasteiger partial charge in [0.05, 0.1) is 6.54 Å². The molecule has 35 heavy (non-hydrogen) atoms. The van der Waals surface area contributed by atoms with Crippen molar-refractivity contribution in [1.82, 2.24) is 15.1 Å². The van der Waals surface area contributed by atoms with E-state index in [9.17, 15) is 4.79 Å². The fourth-order valence-corrected chi connectivity index (χ4v) is 4.27. The van der Waals surface area contributed by atoms with Crippen molar-refractivity contribution < 1.29 is 9.53 Å². The summed E-state index contributed by atoms with van der Waals surface area (Å²) in [7, 11) is 0. The highest BCUT2D eigenvalue weighted by molar-refractivity contribution is 7.80. The molecule has 0 aliphatic carbocycles. The van der Waals surface area contributed by atoms with Crippen LogP contribution in [-0.2, 0) is 17.9 Å². The van der Waals surface area contributed by atoms with E-state index in [4.69, 9.17) is 17.0 Å². The first-order valence-corrected chi connectivity index (χ1v) is 12.4. The molecule has 0 spiro atoms. The van der Waals surface area contributed by atoms with Crippen LogP contribution in [0.5, 0.6) is 5.75 Å². The average Bonchev–Trinajstić information content (AvgIpc) is 3.14. The van der Waals surface area contributed by atoms with Crippen molar-refractivity contribution in [3.05, 3.63) is 96.1 Å². The van der Waals surface area contributed by atoms with Crippen LogP contribution in [0.1, 0.15) is 17.5 Å². The van der Waals surface area contributed by atoms with Crippen LogP contribution in [0.2, 0.25) is 0 Å². The highest BCUT2D eigenvalue weighted by Crippen LogP contribution is 2.18. The summed E-state index contributed by atoms with van der Waals surface area (Å²) >= 11 is 5.67. The van der Waals surface area contributed by atoms with E-state index in [0.717, 1.165) is 55.2 Å².